The zero-order valence-corrected chi connectivity index (χ0v) is 18.3. The van der Waals surface area contributed by atoms with E-state index in [1.807, 2.05) is 7.05 Å². The van der Waals surface area contributed by atoms with E-state index < -0.39 is 0 Å². The Kier molecular flexibility index (Phi) is 10.2. The number of rotatable bonds is 6. The van der Waals surface area contributed by atoms with Crippen LogP contribution in [0.5, 0.6) is 0 Å². The fourth-order valence-corrected chi connectivity index (χ4v) is 2.99. The Morgan fingerprint density at radius 2 is 1.80 bits per heavy atom. The van der Waals surface area contributed by atoms with Crippen LogP contribution in [0.1, 0.15) is 24.8 Å². The molecule has 1 saturated heterocycles. The molecule has 1 aliphatic heterocycles. The average molecular weight is 460 g/mol. The lowest BCUT2D eigenvalue weighted by Gasteiger charge is -2.27. The summed E-state index contributed by atoms with van der Waals surface area (Å²) in [5.74, 6) is 1.75. The van der Waals surface area contributed by atoms with E-state index in [4.69, 9.17) is 4.74 Å². The summed E-state index contributed by atoms with van der Waals surface area (Å²) in [7, 11) is 8.08. The molecule has 5 nitrogen and oxygen atoms in total. The van der Waals surface area contributed by atoms with Crippen LogP contribution in [0.15, 0.2) is 29.3 Å². The molecule has 0 amide bonds. The van der Waals surface area contributed by atoms with Gasteiger partial charge in [-0.05, 0) is 42.9 Å². The van der Waals surface area contributed by atoms with E-state index in [0.717, 1.165) is 38.2 Å². The smallest absolute Gasteiger partial charge is 0.193 e. The normalized spacial score (nSPS) is 15.4. The highest BCUT2D eigenvalue weighted by atomic mass is 127. The molecule has 1 N–H and O–H groups in total. The summed E-state index contributed by atoms with van der Waals surface area (Å²) in [5.41, 5.74) is 2.48. The predicted molar refractivity (Wildman–Crippen MR) is 117 cm³/mol. The molecule has 0 aliphatic carbocycles. The van der Waals surface area contributed by atoms with Crippen LogP contribution in [0.2, 0.25) is 0 Å². The van der Waals surface area contributed by atoms with Crippen LogP contribution in [0.4, 0.5) is 5.69 Å². The molecule has 2 rings (SSSR count). The van der Waals surface area contributed by atoms with Crippen LogP contribution in [0, 0.1) is 5.92 Å². The summed E-state index contributed by atoms with van der Waals surface area (Å²) in [6, 6.07) is 8.62. The lowest BCUT2D eigenvalue weighted by Crippen LogP contribution is -2.39. The van der Waals surface area contributed by atoms with Gasteiger partial charge in [0.05, 0.1) is 0 Å². The maximum atomic E-state index is 5.43. The summed E-state index contributed by atoms with van der Waals surface area (Å²) >= 11 is 0. The number of anilines is 1. The number of nitrogens with one attached hydrogen (secondary N) is 1. The van der Waals surface area contributed by atoms with Crippen molar-refractivity contribution < 1.29 is 4.74 Å². The van der Waals surface area contributed by atoms with Gasteiger partial charge in [0.25, 0.3) is 0 Å². The molecule has 0 spiro atoms. The number of halogens is 1. The van der Waals surface area contributed by atoms with Gasteiger partial charge in [0.15, 0.2) is 5.96 Å². The fourth-order valence-electron chi connectivity index (χ4n) is 2.99. The zero-order valence-electron chi connectivity index (χ0n) is 16.0. The maximum absolute atomic E-state index is 5.43. The number of nitrogens with zero attached hydrogens (tertiary/aromatic N) is 3. The molecule has 1 fully saturated rings. The SMILES string of the molecule is CN=C(NCc1ccc(N(C)C)cc1)N(C)CCC1CCOCC1.I. The van der Waals surface area contributed by atoms with Gasteiger partial charge in [-0.1, -0.05) is 12.1 Å². The number of hydrogen-bond donors (Lipinski definition) is 1. The van der Waals surface area contributed by atoms with Gasteiger partial charge in [-0.15, -0.1) is 24.0 Å². The van der Waals surface area contributed by atoms with Gasteiger partial charge in [-0.25, -0.2) is 0 Å². The molecule has 0 saturated carbocycles. The van der Waals surface area contributed by atoms with Crippen molar-refractivity contribution >= 4 is 35.6 Å². The van der Waals surface area contributed by atoms with Gasteiger partial charge in [-0.3, -0.25) is 4.99 Å². The highest BCUT2D eigenvalue weighted by Gasteiger charge is 2.15. The van der Waals surface area contributed by atoms with Crippen LogP contribution in [-0.4, -0.2) is 58.8 Å². The van der Waals surface area contributed by atoms with Gasteiger partial charge >= 0.3 is 0 Å². The first-order valence-corrected chi connectivity index (χ1v) is 8.86. The Hall–Kier alpha value is -1.02. The third-order valence-electron chi connectivity index (χ3n) is 4.69. The molecule has 25 heavy (non-hydrogen) atoms. The minimum atomic E-state index is 0. The quantitative estimate of drug-likeness (QED) is 0.402. The fraction of sp³-hybridized carbons (Fsp3) is 0.632. The molecule has 0 aromatic heterocycles. The van der Waals surface area contributed by atoms with Crippen molar-refractivity contribution in [3.8, 4) is 0 Å². The molecular weight excluding hydrogens is 427 g/mol. The summed E-state index contributed by atoms with van der Waals surface area (Å²) in [5, 5.41) is 3.46. The second-order valence-corrected chi connectivity index (χ2v) is 6.73. The van der Waals surface area contributed by atoms with Crippen molar-refractivity contribution in [2.75, 3.05) is 52.8 Å². The summed E-state index contributed by atoms with van der Waals surface area (Å²) in [6.07, 6.45) is 3.59. The van der Waals surface area contributed by atoms with Gasteiger partial charge in [0.1, 0.15) is 0 Å². The second kappa shape index (κ2) is 11.6. The van der Waals surface area contributed by atoms with E-state index in [-0.39, 0.29) is 24.0 Å². The van der Waals surface area contributed by atoms with Crippen molar-refractivity contribution in [1.29, 1.82) is 0 Å². The Bertz CT molecular complexity index is 513. The van der Waals surface area contributed by atoms with Crippen LogP contribution >= 0.6 is 24.0 Å². The first-order chi connectivity index (χ1) is 11.6. The topological polar surface area (TPSA) is 40.1 Å². The number of guanidine groups is 1. The largest absolute Gasteiger partial charge is 0.381 e. The number of aliphatic imine (C=N–C) groups is 1. The van der Waals surface area contributed by atoms with Gasteiger partial charge in [-0.2, -0.15) is 0 Å². The first kappa shape index (κ1) is 22.0. The molecule has 142 valence electrons. The van der Waals surface area contributed by atoms with Crippen LogP contribution in [0.3, 0.4) is 0 Å². The predicted octanol–water partition coefficient (Wildman–Crippen LogP) is 3.19. The number of benzene rings is 1. The van der Waals surface area contributed by atoms with Crippen molar-refractivity contribution in [3.63, 3.8) is 0 Å². The minimum absolute atomic E-state index is 0. The van der Waals surface area contributed by atoms with Crippen molar-refractivity contribution in [1.82, 2.24) is 10.2 Å². The summed E-state index contributed by atoms with van der Waals surface area (Å²) in [4.78, 5) is 8.75. The van der Waals surface area contributed by atoms with Crippen molar-refractivity contribution in [2.24, 2.45) is 10.9 Å². The molecular formula is C19H33IN4O. The molecule has 1 aromatic rings. The lowest BCUT2D eigenvalue weighted by molar-refractivity contribution is 0.0625. The third kappa shape index (κ3) is 7.40. The van der Waals surface area contributed by atoms with E-state index in [1.54, 1.807) is 0 Å². The highest BCUT2D eigenvalue weighted by molar-refractivity contribution is 14.0. The zero-order chi connectivity index (χ0) is 17.4. The van der Waals surface area contributed by atoms with Crippen LogP contribution in [-0.2, 0) is 11.3 Å². The summed E-state index contributed by atoms with van der Waals surface area (Å²) < 4.78 is 5.43. The Morgan fingerprint density at radius 3 is 2.36 bits per heavy atom. The number of ether oxygens (including phenoxy) is 1. The van der Waals surface area contributed by atoms with Gasteiger partial charge < -0.3 is 19.9 Å². The van der Waals surface area contributed by atoms with Crippen LogP contribution < -0.4 is 10.2 Å². The van der Waals surface area contributed by atoms with Crippen molar-refractivity contribution in [3.05, 3.63) is 29.8 Å². The van der Waals surface area contributed by atoms with E-state index >= 15 is 0 Å². The maximum Gasteiger partial charge on any atom is 0.193 e. The molecule has 0 unspecified atom stereocenters. The van der Waals surface area contributed by atoms with E-state index in [2.05, 4.69) is 65.5 Å². The lowest BCUT2D eigenvalue weighted by atomic mass is 9.96. The molecule has 0 atom stereocenters. The molecule has 0 bridgehead atoms. The summed E-state index contributed by atoms with van der Waals surface area (Å²) in [6.45, 7) is 3.67. The van der Waals surface area contributed by atoms with Crippen molar-refractivity contribution in [2.45, 2.75) is 25.8 Å². The molecule has 6 heteroatoms. The Morgan fingerprint density at radius 1 is 1.16 bits per heavy atom. The monoisotopic (exact) mass is 460 g/mol. The highest BCUT2D eigenvalue weighted by Crippen LogP contribution is 2.18. The van der Waals surface area contributed by atoms with E-state index in [9.17, 15) is 0 Å². The molecule has 1 aliphatic rings. The molecule has 1 heterocycles. The third-order valence-corrected chi connectivity index (χ3v) is 4.69. The van der Waals surface area contributed by atoms with Gasteiger partial charge in [0, 0.05) is 60.2 Å². The van der Waals surface area contributed by atoms with Gasteiger partial charge in [0.2, 0.25) is 0 Å². The second-order valence-electron chi connectivity index (χ2n) is 6.73. The molecule has 0 radical (unpaired) electrons. The van der Waals surface area contributed by atoms with E-state index in [1.165, 1.54) is 30.5 Å². The minimum Gasteiger partial charge on any atom is -0.381 e. The first-order valence-electron chi connectivity index (χ1n) is 8.86. The Labute approximate surface area is 169 Å². The average Bonchev–Trinajstić information content (AvgIpc) is 2.61. The standard InChI is InChI=1S/C19H32N4O.HI/c1-20-19(23(4)12-9-16-10-13-24-14-11-16)21-15-17-5-7-18(8-6-17)22(2)3;/h5-8,16H,9-15H2,1-4H3,(H,20,21);1H. The number of hydrogen-bond acceptors (Lipinski definition) is 3. The Balaban J connectivity index is 0.00000312. The van der Waals surface area contributed by atoms with E-state index in [0.29, 0.717) is 0 Å². The van der Waals surface area contributed by atoms with Crippen LogP contribution in [0.25, 0.3) is 0 Å². The molecule has 1 aromatic carbocycles.